The van der Waals surface area contributed by atoms with Gasteiger partial charge in [0.25, 0.3) is 0 Å². The van der Waals surface area contributed by atoms with Gasteiger partial charge in [0, 0.05) is 6.54 Å². The second-order valence-electron chi connectivity index (χ2n) is 4.99. The molecular weight excluding hydrogens is 288 g/mol. The van der Waals surface area contributed by atoms with Crippen LogP contribution in [0.1, 0.15) is 18.4 Å². The van der Waals surface area contributed by atoms with Crippen molar-refractivity contribution in [2.75, 3.05) is 12.3 Å². The summed E-state index contributed by atoms with van der Waals surface area (Å²) in [7, 11) is -3.55. The van der Waals surface area contributed by atoms with Gasteiger partial charge in [0.1, 0.15) is 0 Å². The Kier molecular flexibility index (Phi) is 4.59. The molecule has 0 saturated carbocycles. The summed E-state index contributed by atoms with van der Waals surface area (Å²) in [5.74, 6) is -0.826. The third-order valence-electron chi connectivity index (χ3n) is 3.35. The van der Waals surface area contributed by atoms with Crippen molar-refractivity contribution in [3.63, 3.8) is 0 Å². The van der Waals surface area contributed by atoms with Crippen LogP contribution in [0.5, 0.6) is 0 Å². The number of benzene rings is 2. The first-order valence-corrected chi connectivity index (χ1v) is 8.35. The predicted molar refractivity (Wildman–Crippen MR) is 83.3 cm³/mol. The monoisotopic (exact) mass is 306 g/mol. The lowest BCUT2D eigenvalue weighted by Crippen LogP contribution is -2.33. The van der Waals surface area contributed by atoms with Crippen molar-refractivity contribution in [2.45, 2.75) is 12.8 Å². The summed E-state index contributed by atoms with van der Waals surface area (Å²) in [6.45, 7) is 1.81. The highest BCUT2D eigenvalue weighted by atomic mass is 32.2. The van der Waals surface area contributed by atoms with E-state index < -0.39 is 10.0 Å². The van der Waals surface area contributed by atoms with Gasteiger partial charge in [-0.25, -0.2) is 13.6 Å². The fourth-order valence-electron chi connectivity index (χ4n) is 2.10. The molecule has 0 fully saturated rings. The minimum atomic E-state index is -3.55. The third-order valence-corrected chi connectivity index (χ3v) is 4.13. The number of hydrogen-bond donors (Lipinski definition) is 2. The standard InChI is InChI=1S/C15H18N2O3S/c1-11(15(18)17-8-9-21(16,19)20)13-7-6-12-4-2-3-5-14(12)10-13/h2-7,10-11H,8-9H2,1H3,(H,17,18)(H2,16,19,20)/t11-/m0/s1. The summed E-state index contributed by atoms with van der Waals surface area (Å²) in [5, 5.41) is 9.66. The summed E-state index contributed by atoms with van der Waals surface area (Å²) in [6, 6.07) is 13.8. The molecule has 0 spiro atoms. The molecule has 0 bridgehead atoms. The van der Waals surface area contributed by atoms with E-state index in [9.17, 15) is 13.2 Å². The van der Waals surface area contributed by atoms with E-state index in [1.54, 1.807) is 6.92 Å². The van der Waals surface area contributed by atoms with Gasteiger partial charge in [0.2, 0.25) is 15.9 Å². The van der Waals surface area contributed by atoms with E-state index in [4.69, 9.17) is 5.14 Å². The van der Waals surface area contributed by atoms with Crippen molar-refractivity contribution >= 4 is 26.7 Å². The van der Waals surface area contributed by atoms with Gasteiger partial charge < -0.3 is 5.32 Å². The molecule has 6 heteroatoms. The highest BCUT2D eigenvalue weighted by Gasteiger charge is 2.15. The number of rotatable bonds is 5. The van der Waals surface area contributed by atoms with Crippen molar-refractivity contribution in [2.24, 2.45) is 5.14 Å². The number of nitrogens with two attached hydrogens (primary N) is 1. The maximum atomic E-state index is 12.0. The molecule has 5 nitrogen and oxygen atoms in total. The lowest BCUT2D eigenvalue weighted by Gasteiger charge is -2.13. The fraction of sp³-hybridized carbons (Fsp3) is 0.267. The molecular formula is C15H18N2O3S. The number of primary sulfonamides is 1. The molecule has 1 amide bonds. The molecule has 0 aliphatic rings. The van der Waals surface area contributed by atoms with E-state index in [0.717, 1.165) is 16.3 Å². The fourth-order valence-corrected chi connectivity index (χ4v) is 2.48. The second kappa shape index (κ2) is 6.24. The van der Waals surface area contributed by atoms with Crippen LogP contribution in [-0.4, -0.2) is 26.6 Å². The number of carbonyl (C=O) groups excluding carboxylic acids is 1. The smallest absolute Gasteiger partial charge is 0.227 e. The minimum absolute atomic E-state index is 0.0234. The molecule has 0 aliphatic carbocycles. The first-order chi connectivity index (χ1) is 9.87. The zero-order chi connectivity index (χ0) is 15.5. The minimum Gasteiger partial charge on any atom is -0.355 e. The van der Waals surface area contributed by atoms with Gasteiger partial charge in [-0.15, -0.1) is 0 Å². The molecule has 1 atom stereocenters. The molecule has 21 heavy (non-hydrogen) atoms. The summed E-state index contributed by atoms with van der Waals surface area (Å²) < 4.78 is 21.7. The maximum absolute atomic E-state index is 12.0. The number of carbonyl (C=O) groups is 1. The second-order valence-corrected chi connectivity index (χ2v) is 6.72. The van der Waals surface area contributed by atoms with E-state index in [1.165, 1.54) is 0 Å². The predicted octanol–water partition coefficient (Wildman–Crippen LogP) is 1.35. The van der Waals surface area contributed by atoms with Crippen molar-refractivity contribution in [3.05, 3.63) is 48.0 Å². The first kappa shape index (κ1) is 15.5. The zero-order valence-corrected chi connectivity index (χ0v) is 12.6. The van der Waals surface area contributed by atoms with Crippen LogP contribution in [0.15, 0.2) is 42.5 Å². The highest BCUT2D eigenvalue weighted by Crippen LogP contribution is 2.21. The van der Waals surface area contributed by atoms with Crippen LogP contribution in [-0.2, 0) is 14.8 Å². The lowest BCUT2D eigenvalue weighted by atomic mass is 9.97. The molecule has 0 unspecified atom stereocenters. The molecule has 0 aliphatic heterocycles. The van der Waals surface area contributed by atoms with Gasteiger partial charge in [0.15, 0.2) is 0 Å². The molecule has 0 saturated heterocycles. The summed E-state index contributed by atoms with van der Waals surface area (Å²) in [5.41, 5.74) is 0.891. The molecule has 3 N–H and O–H groups in total. The number of nitrogens with one attached hydrogen (secondary N) is 1. The number of amides is 1. The summed E-state index contributed by atoms with van der Waals surface area (Å²) >= 11 is 0. The number of fused-ring (bicyclic) bond motifs is 1. The SMILES string of the molecule is C[C@H](C(=O)NCCS(N)(=O)=O)c1ccc2ccccc2c1. The van der Waals surface area contributed by atoms with Gasteiger partial charge in [0.05, 0.1) is 11.7 Å². The van der Waals surface area contributed by atoms with E-state index >= 15 is 0 Å². The Labute approximate surface area is 124 Å². The van der Waals surface area contributed by atoms with Crippen molar-refractivity contribution in [1.82, 2.24) is 5.32 Å². The highest BCUT2D eigenvalue weighted by molar-refractivity contribution is 7.89. The summed E-state index contributed by atoms with van der Waals surface area (Å²) in [4.78, 5) is 12.0. The van der Waals surface area contributed by atoms with Crippen molar-refractivity contribution in [3.8, 4) is 0 Å². The van der Waals surface area contributed by atoms with Crippen LogP contribution in [0.2, 0.25) is 0 Å². The Hall–Kier alpha value is -1.92. The molecule has 0 aromatic heterocycles. The van der Waals surface area contributed by atoms with Gasteiger partial charge in [-0.05, 0) is 23.3 Å². The van der Waals surface area contributed by atoms with Crippen LogP contribution < -0.4 is 10.5 Å². The van der Waals surface area contributed by atoms with E-state index in [1.807, 2.05) is 42.5 Å². The topological polar surface area (TPSA) is 89.3 Å². The largest absolute Gasteiger partial charge is 0.355 e. The Morgan fingerprint density at radius 1 is 1.19 bits per heavy atom. The molecule has 2 rings (SSSR count). The number of sulfonamides is 1. The van der Waals surface area contributed by atoms with Gasteiger partial charge >= 0.3 is 0 Å². The van der Waals surface area contributed by atoms with Crippen LogP contribution in [0.4, 0.5) is 0 Å². The van der Waals surface area contributed by atoms with Crippen LogP contribution in [0.3, 0.4) is 0 Å². The van der Waals surface area contributed by atoms with Gasteiger partial charge in [-0.1, -0.05) is 42.5 Å². The maximum Gasteiger partial charge on any atom is 0.227 e. The normalized spacial score (nSPS) is 13.0. The molecule has 2 aromatic carbocycles. The lowest BCUT2D eigenvalue weighted by molar-refractivity contribution is -0.122. The van der Waals surface area contributed by atoms with E-state index in [0.29, 0.717) is 0 Å². The van der Waals surface area contributed by atoms with Crippen LogP contribution >= 0.6 is 0 Å². The Balaban J connectivity index is 2.06. The third kappa shape index (κ3) is 4.27. The molecule has 0 heterocycles. The average Bonchev–Trinajstić information content (AvgIpc) is 2.44. The van der Waals surface area contributed by atoms with Crippen LogP contribution in [0.25, 0.3) is 10.8 Å². The molecule has 2 aromatic rings. The van der Waals surface area contributed by atoms with Crippen molar-refractivity contribution < 1.29 is 13.2 Å². The van der Waals surface area contributed by atoms with Gasteiger partial charge in [-0.3, -0.25) is 4.79 Å². The Morgan fingerprint density at radius 3 is 2.52 bits per heavy atom. The van der Waals surface area contributed by atoms with E-state index in [-0.39, 0.29) is 24.1 Å². The zero-order valence-electron chi connectivity index (χ0n) is 11.7. The molecule has 0 radical (unpaired) electrons. The summed E-state index contributed by atoms with van der Waals surface area (Å²) in [6.07, 6.45) is 0. The molecule has 112 valence electrons. The van der Waals surface area contributed by atoms with Crippen molar-refractivity contribution in [1.29, 1.82) is 0 Å². The van der Waals surface area contributed by atoms with Gasteiger partial charge in [-0.2, -0.15) is 0 Å². The number of hydrogen-bond acceptors (Lipinski definition) is 3. The average molecular weight is 306 g/mol. The van der Waals surface area contributed by atoms with Crippen LogP contribution in [0, 0.1) is 0 Å². The quantitative estimate of drug-likeness (QED) is 0.873. The van der Waals surface area contributed by atoms with E-state index in [2.05, 4.69) is 5.32 Å². The Morgan fingerprint density at radius 2 is 1.86 bits per heavy atom. The first-order valence-electron chi connectivity index (χ1n) is 6.64. The Bertz CT molecular complexity index is 756.